The summed E-state index contributed by atoms with van der Waals surface area (Å²) in [5.41, 5.74) is 4.72. The maximum absolute atomic E-state index is 11.5. The van der Waals surface area contributed by atoms with Gasteiger partial charge in [0.15, 0.2) is 6.10 Å². The van der Waals surface area contributed by atoms with Gasteiger partial charge < -0.3 is 10.5 Å². The number of hydrogen-bond acceptors (Lipinski definition) is 2. The third kappa shape index (κ3) is 3.92. The van der Waals surface area contributed by atoms with Crippen LogP contribution in [0.25, 0.3) is 0 Å². The lowest BCUT2D eigenvalue weighted by atomic mass is 10.3. The normalized spacial score (nSPS) is 14.1. The lowest BCUT2D eigenvalue weighted by Gasteiger charge is -2.15. The van der Waals surface area contributed by atoms with Gasteiger partial charge in [-0.05, 0) is 0 Å². The van der Waals surface area contributed by atoms with Gasteiger partial charge in [-0.2, -0.15) is 13.2 Å². The van der Waals surface area contributed by atoms with Gasteiger partial charge >= 0.3 is 6.18 Å². The quantitative estimate of drug-likeness (QED) is 0.685. The van der Waals surface area contributed by atoms with Gasteiger partial charge in [-0.1, -0.05) is 0 Å². The minimum absolute atomic E-state index is 0. The summed E-state index contributed by atoms with van der Waals surface area (Å²) in [6.07, 6.45) is -6.15. The van der Waals surface area contributed by atoms with E-state index in [2.05, 4.69) is 4.74 Å². The van der Waals surface area contributed by atoms with Gasteiger partial charge in [0.2, 0.25) is 0 Å². The number of hydrogen-bond donors (Lipinski definition) is 1. The number of rotatable bonds is 2. The van der Waals surface area contributed by atoms with E-state index in [1.165, 1.54) is 0 Å². The van der Waals surface area contributed by atoms with Gasteiger partial charge in [0.25, 0.3) is 0 Å². The van der Waals surface area contributed by atoms with Crippen molar-refractivity contribution in [1.82, 2.24) is 0 Å². The molecule has 0 heterocycles. The van der Waals surface area contributed by atoms with E-state index in [0.29, 0.717) is 0 Å². The Morgan fingerprint density at radius 2 is 1.90 bits per heavy atom. The molecule has 64 valence electrons. The first-order valence-electron chi connectivity index (χ1n) is 2.32. The number of nitrogens with two attached hydrogens (primary N) is 1. The Kier molecular flexibility index (Phi) is 6.02. The van der Waals surface area contributed by atoms with Crippen molar-refractivity contribution in [2.24, 2.45) is 5.73 Å². The molecule has 0 aliphatic rings. The highest BCUT2D eigenvalue weighted by Gasteiger charge is 2.38. The molecule has 0 bridgehead atoms. The lowest BCUT2D eigenvalue weighted by molar-refractivity contribution is -0.208. The Morgan fingerprint density at radius 1 is 1.50 bits per heavy atom. The number of methoxy groups -OCH3 is 1. The van der Waals surface area contributed by atoms with Crippen LogP contribution in [0.5, 0.6) is 0 Å². The third-order valence-corrected chi connectivity index (χ3v) is 0.864. The second-order valence-corrected chi connectivity index (χ2v) is 1.50. The molecule has 1 atom stereocenters. The Labute approximate surface area is 62.9 Å². The predicted octanol–water partition coefficient (Wildman–Crippen LogP) is 0.944. The monoisotopic (exact) mass is 179 g/mol. The molecule has 0 aromatic heterocycles. The van der Waals surface area contributed by atoms with Crippen LogP contribution in [0.3, 0.4) is 0 Å². The Morgan fingerprint density at radius 3 is 1.90 bits per heavy atom. The van der Waals surface area contributed by atoms with Crippen LogP contribution in [-0.4, -0.2) is 25.9 Å². The van der Waals surface area contributed by atoms with E-state index in [0.717, 1.165) is 7.11 Å². The van der Waals surface area contributed by atoms with E-state index in [1.54, 1.807) is 0 Å². The zero-order chi connectivity index (χ0) is 7.49. The molecule has 0 aliphatic carbocycles. The highest BCUT2D eigenvalue weighted by Crippen LogP contribution is 2.20. The van der Waals surface area contributed by atoms with E-state index >= 15 is 0 Å². The van der Waals surface area contributed by atoms with Crippen LogP contribution in [-0.2, 0) is 4.74 Å². The molecular weight excluding hydrogens is 170 g/mol. The second kappa shape index (κ2) is 4.76. The van der Waals surface area contributed by atoms with Gasteiger partial charge in [0, 0.05) is 13.7 Å². The summed E-state index contributed by atoms with van der Waals surface area (Å²) >= 11 is 0. The summed E-state index contributed by atoms with van der Waals surface area (Å²) in [4.78, 5) is 0. The topological polar surface area (TPSA) is 35.2 Å². The highest BCUT2D eigenvalue weighted by molar-refractivity contribution is 5.85. The van der Waals surface area contributed by atoms with E-state index in [9.17, 15) is 13.2 Å². The molecule has 10 heavy (non-hydrogen) atoms. The van der Waals surface area contributed by atoms with E-state index < -0.39 is 18.8 Å². The summed E-state index contributed by atoms with van der Waals surface area (Å²) in [6, 6.07) is 0. The molecule has 0 amide bonds. The second-order valence-electron chi connectivity index (χ2n) is 1.50. The van der Waals surface area contributed by atoms with Gasteiger partial charge in [-0.25, -0.2) is 0 Å². The molecule has 0 aromatic rings. The molecule has 0 saturated carbocycles. The molecule has 0 rings (SSSR count). The van der Waals surface area contributed by atoms with E-state index in [1.807, 2.05) is 0 Å². The van der Waals surface area contributed by atoms with Crippen molar-refractivity contribution in [2.45, 2.75) is 12.3 Å². The molecule has 1 unspecified atom stereocenters. The molecule has 0 saturated heterocycles. The minimum Gasteiger partial charge on any atom is -0.371 e. The predicted molar refractivity (Wildman–Crippen MR) is 33.2 cm³/mol. The van der Waals surface area contributed by atoms with Crippen molar-refractivity contribution < 1.29 is 17.9 Å². The van der Waals surface area contributed by atoms with Gasteiger partial charge in [0.05, 0.1) is 0 Å². The van der Waals surface area contributed by atoms with E-state index in [-0.39, 0.29) is 12.4 Å². The smallest absolute Gasteiger partial charge is 0.371 e. The first kappa shape index (κ1) is 12.7. The van der Waals surface area contributed by atoms with Crippen molar-refractivity contribution in [3.05, 3.63) is 0 Å². The molecule has 0 fully saturated rings. The average Bonchev–Trinajstić information content (AvgIpc) is 1.65. The van der Waals surface area contributed by atoms with Crippen molar-refractivity contribution in [3.8, 4) is 0 Å². The molecular formula is C4H9ClF3NO. The first-order chi connectivity index (χ1) is 4.02. The zero-order valence-electron chi connectivity index (χ0n) is 5.31. The molecule has 2 N–H and O–H groups in total. The molecule has 0 spiro atoms. The van der Waals surface area contributed by atoms with Crippen LogP contribution >= 0.6 is 12.4 Å². The largest absolute Gasteiger partial charge is 0.415 e. The molecule has 2 nitrogen and oxygen atoms in total. The fraction of sp³-hybridized carbons (Fsp3) is 1.00. The van der Waals surface area contributed by atoms with Crippen LogP contribution in [0.2, 0.25) is 0 Å². The van der Waals surface area contributed by atoms with Crippen LogP contribution < -0.4 is 5.73 Å². The summed E-state index contributed by atoms with van der Waals surface area (Å²) in [6.45, 7) is -0.528. The fourth-order valence-electron chi connectivity index (χ4n) is 0.363. The average molecular weight is 180 g/mol. The highest BCUT2D eigenvalue weighted by atomic mass is 35.5. The number of ether oxygens (including phenoxy) is 1. The Balaban J connectivity index is 0. The molecule has 0 aliphatic heterocycles. The SMILES string of the molecule is COC(CN)C(F)(F)F.Cl. The van der Waals surface area contributed by atoms with Crippen molar-refractivity contribution in [3.63, 3.8) is 0 Å². The number of alkyl halides is 3. The standard InChI is InChI=1S/C4H8F3NO.ClH/c1-9-3(2-8)4(5,6)7;/h3H,2,8H2,1H3;1H. The van der Waals surface area contributed by atoms with E-state index in [4.69, 9.17) is 5.73 Å². The molecule has 0 radical (unpaired) electrons. The summed E-state index contributed by atoms with van der Waals surface area (Å²) in [5, 5.41) is 0. The summed E-state index contributed by atoms with van der Waals surface area (Å²) in [7, 11) is 0.977. The van der Waals surface area contributed by atoms with Crippen LogP contribution in [0.15, 0.2) is 0 Å². The lowest BCUT2D eigenvalue weighted by Crippen LogP contribution is -2.37. The van der Waals surface area contributed by atoms with Crippen molar-refractivity contribution >= 4 is 12.4 Å². The number of halogens is 4. The van der Waals surface area contributed by atoms with Crippen LogP contribution in [0.4, 0.5) is 13.2 Å². The summed E-state index contributed by atoms with van der Waals surface area (Å²) < 4.78 is 38.6. The van der Waals surface area contributed by atoms with Gasteiger partial charge in [0.1, 0.15) is 0 Å². The Hall–Kier alpha value is -0.0000000000000000555. The molecule has 6 heteroatoms. The Bertz CT molecular complexity index is 83.1. The summed E-state index contributed by atoms with van der Waals surface area (Å²) in [5.74, 6) is 0. The third-order valence-electron chi connectivity index (χ3n) is 0.864. The zero-order valence-corrected chi connectivity index (χ0v) is 6.13. The minimum atomic E-state index is -4.33. The molecule has 0 aromatic carbocycles. The van der Waals surface area contributed by atoms with Gasteiger partial charge in [-0.15, -0.1) is 12.4 Å². The maximum Gasteiger partial charge on any atom is 0.415 e. The van der Waals surface area contributed by atoms with Gasteiger partial charge in [-0.3, -0.25) is 0 Å². The maximum atomic E-state index is 11.5. The van der Waals surface area contributed by atoms with Crippen molar-refractivity contribution in [1.29, 1.82) is 0 Å². The van der Waals surface area contributed by atoms with Crippen LogP contribution in [0, 0.1) is 0 Å². The van der Waals surface area contributed by atoms with Crippen LogP contribution in [0.1, 0.15) is 0 Å². The first-order valence-corrected chi connectivity index (χ1v) is 2.32. The van der Waals surface area contributed by atoms with Crippen molar-refractivity contribution in [2.75, 3.05) is 13.7 Å². The fourth-order valence-corrected chi connectivity index (χ4v) is 0.363.